The normalized spacial score (nSPS) is 13.5. The van der Waals surface area contributed by atoms with E-state index in [1.54, 1.807) is 19.2 Å². The Balaban J connectivity index is 2.39. The maximum atomic E-state index is 12.0. The molecular formula is C12H14ClF3O. The second kappa shape index (κ2) is 6.15. The van der Waals surface area contributed by atoms with Crippen molar-refractivity contribution in [3.63, 3.8) is 0 Å². The summed E-state index contributed by atoms with van der Waals surface area (Å²) in [4.78, 5) is 0. The van der Waals surface area contributed by atoms with Gasteiger partial charge in [0.25, 0.3) is 0 Å². The molecule has 17 heavy (non-hydrogen) atoms. The van der Waals surface area contributed by atoms with Crippen molar-refractivity contribution in [3.05, 3.63) is 29.8 Å². The molecule has 0 spiro atoms. The van der Waals surface area contributed by atoms with E-state index in [1.807, 2.05) is 12.1 Å². The van der Waals surface area contributed by atoms with E-state index in [2.05, 4.69) is 0 Å². The Labute approximate surface area is 104 Å². The van der Waals surface area contributed by atoms with Crippen molar-refractivity contribution in [1.82, 2.24) is 0 Å². The van der Waals surface area contributed by atoms with E-state index in [0.717, 1.165) is 11.3 Å². The zero-order valence-electron chi connectivity index (χ0n) is 9.43. The quantitative estimate of drug-likeness (QED) is 0.726. The first-order chi connectivity index (χ1) is 7.90. The highest BCUT2D eigenvalue weighted by molar-refractivity contribution is 6.20. The van der Waals surface area contributed by atoms with E-state index in [4.69, 9.17) is 16.3 Å². The monoisotopic (exact) mass is 266 g/mol. The number of methoxy groups -OCH3 is 1. The van der Waals surface area contributed by atoms with Gasteiger partial charge in [0.1, 0.15) is 5.75 Å². The van der Waals surface area contributed by atoms with E-state index in [9.17, 15) is 13.2 Å². The van der Waals surface area contributed by atoms with Crippen LogP contribution in [0.4, 0.5) is 13.2 Å². The second-order valence-corrected chi connectivity index (χ2v) is 4.42. The van der Waals surface area contributed by atoms with Crippen molar-refractivity contribution < 1.29 is 17.9 Å². The van der Waals surface area contributed by atoms with Crippen molar-refractivity contribution in [2.45, 2.75) is 30.8 Å². The molecule has 0 amide bonds. The minimum atomic E-state index is -4.19. The van der Waals surface area contributed by atoms with Crippen LogP contribution in [0.1, 0.15) is 18.4 Å². The molecule has 0 aliphatic carbocycles. The SMILES string of the molecule is COc1ccc(CCC(Cl)CC(F)(F)F)cc1. The van der Waals surface area contributed by atoms with Gasteiger partial charge in [-0.15, -0.1) is 11.6 Å². The van der Waals surface area contributed by atoms with Crippen LogP contribution in [0.5, 0.6) is 5.75 Å². The number of ether oxygens (including phenoxy) is 1. The first kappa shape index (κ1) is 14.2. The van der Waals surface area contributed by atoms with Crippen LogP contribution < -0.4 is 4.74 Å². The smallest absolute Gasteiger partial charge is 0.390 e. The standard InChI is InChI=1S/C12H14ClF3O/c1-17-11-6-3-9(4-7-11)2-5-10(13)8-12(14,15)16/h3-4,6-7,10H,2,5,8H2,1H3. The van der Waals surface area contributed by atoms with Gasteiger partial charge in [-0.3, -0.25) is 0 Å². The van der Waals surface area contributed by atoms with Gasteiger partial charge in [0.05, 0.1) is 13.5 Å². The lowest BCUT2D eigenvalue weighted by molar-refractivity contribution is -0.134. The highest BCUT2D eigenvalue weighted by Crippen LogP contribution is 2.26. The van der Waals surface area contributed by atoms with Crippen LogP contribution in [0.25, 0.3) is 0 Å². The molecular weight excluding hydrogens is 253 g/mol. The fourth-order valence-corrected chi connectivity index (χ4v) is 1.75. The van der Waals surface area contributed by atoms with E-state index >= 15 is 0 Å². The van der Waals surface area contributed by atoms with Crippen LogP contribution in [-0.2, 0) is 6.42 Å². The zero-order valence-corrected chi connectivity index (χ0v) is 10.2. The Morgan fingerprint density at radius 2 is 1.82 bits per heavy atom. The van der Waals surface area contributed by atoms with Gasteiger partial charge in [-0.05, 0) is 30.5 Å². The number of alkyl halides is 4. The maximum Gasteiger partial charge on any atom is 0.390 e. The summed E-state index contributed by atoms with van der Waals surface area (Å²) in [5, 5.41) is -0.864. The molecule has 0 radical (unpaired) electrons. The first-order valence-corrected chi connectivity index (χ1v) is 5.68. The topological polar surface area (TPSA) is 9.23 Å². The van der Waals surface area contributed by atoms with Crippen LogP contribution in [0, 0.1) is 0 Å². The molecule has 96 valence electrons. The predicted octanol–water partition coefficient (Wildman–Crippen LogP) is 4.19. The molecule has 0 fully saturated rings. The number of rotatable bonds is 5. The van der Waals surface area contributed by atoms with Gasteiger partial charge in [-0.2, -0.15) is 13.2 Å². The molecule has 0 aromatic heterocycles. The summed E-state index contributed by atoms with van der Waals surface area (Å²) in [7, 11) is 1.56. The number of halogens is 4. The van der Waals surface area contributed by atoms with Gasteiger partial charge in [0, 0.05) is 5.38 Å². The highest BCUT2D eigenvalue weighted by Gasteiger charge is 2.30. The Hall–Kier alpha value is -0.900. The van der Waals surface area contributed by atoms with Gasteiger partial charge in [0.2, 0.25) is 0 Å². The molecule has 1 unspecified atom stereocenters. The van der Waals surface area contributed by atoms with Crippen LogP contribution in [0.3, 0.4) is 0 Å². The van der Waals surface area contributed by atoms with Gasteiger partial charge < -0.3 is 4.74 Å². The molecule has 0 saturated heterocycles. The number of aryl methyl sites for hydroxylation is 1. The lowest BCUT2D eigenvalue weighted by Gasteiger charge is -2.12. The molecule has 0 N–H and O–H groups in total. The summed E-state index contributed by atoms with van der Waals surface area (Å²) in [5.74, 6) is 0.728. The van der Waals surface area contributed by atoms with Crippen molar-refractivity contribution in [1.29, 1.82) is 0 Å². The summed E-state index contributed by atoms with van der Waals surface area (Å²) in [6.07, 6.45) is -4.28. The van der Waals surface area contributed by atoms with Crippen molar-refractivity contribution in [2.75, 3.05) is 7.11 Å². The second-order valence-electron chi connectivity index (χ2n) is 3.80. The minimum Gasteiger partial charge on any atom is -0.497 e. The average Bonchev–Trinajstić information content (AvgIpc) is 2.25. The summed E-state index contributed by atoms with van der Waals surface area (Å²) in [5.41, 5.74) is 0.957. The maximum absolute atomic E-state index is 12.0. The van der Waals surface area contributed by atoms with Crippen LogP contribution in [0.2, 0.25) is 0 Å². The molecule has 0 aliphatic rings. The van der Waals surface area contributed by atoms with Crippen LogP contribution >= 0.6 is 11.6 Å². The van der Waals surface area contributed by atoms with E-state index in [1.165, 1.54) is 0 Å². The first-order valence-electron chi connectivity index (χ1n) is 5.24. The van der Waals surface area contributed by atoms with Crippen molar-refractivity contribution in [2.24, 2.45) is 0 Å². The molecule has 0 saturated carbocycles. The summed E-state index contributed by atoms with van der Waals surface area (Å²) in [6.45, 7) is 0. The molecule has 1 aromatic carbocycles. The van der Waals surface area contributed by atoms with Crippen LogP contribution in [-0.4, -0.2) is 18.7 Å². The fourth-order valence-electron chi connectivity index (χ4n) is 1.47. The van der Waals surface area contributed by atoms with Crippen LogP contribution in [0.15, 0.2) is 24.3 Å². The Morgan fingerprint density at radius 3 is 2.29 bits per heavy atom. The summed E-state index contributed by atoms with van der Waals surface area (Å²) >= 11 is 5.63. The third-order valence-corrected chi connectivity index (χ3v) is 2.73. The van der Waals surface area contributed by atoms with E-state index in [-0.39, 0.29) is 0 Å². The lowest BCUT2D eigenvalue weighted by Crippen LogP contribution is -2.15. The Morgan fingerprint density at radius 1 is 1.24 bits per heavy atom. The molecule has 0 aliphatic heterocycles. The lowest BCUT2D eigenvalue weighted by atomic mass is 10.1. The third-order valence-electron chi connectivity index (χ3n) is 2.36. The minimum absolute atomic E-state index is 0.313. The molecule has 5 heteroatoms. The average molecular weight is 267 g/mol. The molecule has 1 rings (SSSR count). The number of benzene rings is 1. The highest BCUT2D eigenvalue weighted by atomic mass is 35.5. The van der Waals surface area contributed by atoms with E-state index in [0.29, 0.717) is 12.8 Å². The predicted molar refractivity (Wildman–Crippen MR) is 61.6 cm³/mol. The molecule has 1 nitrogen and oxygen atoms in total. The zero-order chi connectivity index (χ0) is 12.9. The van der Waals surface area contributed by atoms with Gasteiger partial charge in [-0.1, -0.05) is 12.1 Å². The van der Waals surface area contributed by atoms with Crippen molar-refractivity contribution >= 4 is 11.6 Å². The molecule has 1 atom stereocenters. The Kier molecular flexibility index (Phi) is 5.12. The fraction of sp³-hybridized carbons (Fsp3) is 0.500. The Bertz CT molecular complexity index is 335. The van der Waals surface area contributed by atoms with Gasteiger partial charge in [0.15, 0.2) is 0 Å². The van der Waals surface area contributed by atoms with E-state index < -0.39 is 18.0 Å². The number of hydrogen-bond acceptors (Lipinski definition) is 1. The largest absolute Gasteiger partial charge is 0.497 e. The number of hydrogen-bond donors (Lipinski definition) is 0. The third kappa shape index (κ3) is 5.82. The van der Waals surface area contributed by atoms with Crippen molar-refractivity contribution in [3.8, 4) is 5.75 Å². The molecule has 1 aromatic rings. The molecule has 0 heterocycles. The summed E-state index contributed by atoms with van der Waals surface area (Å²) in [6, 6.07) is 7.22. The summed E-state index contributed by atoms with van der Waals surface area (Å²) < 4.78 is 41.1. The molecule has 0 bridgehead atoms. The van der Waals surface area contributed by atoms with Gasteiger partial charge in [-0.25, -0.2) is 0 Å². The van der Waals surface area contributed by atoms with Gasteiger partial charge >= 0.3 is 6.18 Å².